The number of anilines is 1. The molecule has 0 radical (unpaired) electrons. The highest BCUT2D eigenvalue weighted by molar-refractivity contribution is 7.99. The van der Waals surface area contributed by atoms with E-state index in [2.05, 4.69) is 20.8 Å². The van der Waals surface area contributed by atoms with E-state index in [9.17, 15) is 14.4 Å². The van der Waals surface area contributed by atoms with Crippen LogP contribution in [0.15, 0.2) is 78.0 Å². The number of hydrogen-bond donors (Lipinski definition) is 2. The Morgan fingerprint density at radius 1 is 0.897 bits per heavy atom. The van der Waals surface area contributed by atoms with Crippen molar-refractivity contribution in [3.05, 3.63) is 101 Å². The van der Waals surface area contributed by atoms with E-state index in [-0.39, 0.29) is 24.1 Å². The largest absolute Gasteiger partial charge is 0.462 e. The first-order chi connectivity index (χ1) is 18.8. The van der Waals surface area contributed by atoms with E-state index in [4.69, 9.17) is 4.74 Å². The van der Waals surface area contributed by atoms with E-state index in [0.717, 1.165) is 16.8 Å². The zero-order chi connectivity index (χ0) is 27.8. The predicted molar refractivity (Wildman–Crippen MR) is 150 cm³/mol. The van der Waals surface area contributed by atoms with Gasteiger partial charge in [0.2, 0.25) is 5.91 Å². The van der Waals surface area contributed by atoms with Gasteiger partial charge in [0.25, 0.3) is 5.91 Å². The summed E-state index contributed by atoms with van der Waals surface area (Å²) in [6.07, 6.45) is 0. The number of esters is 1. The number of thioether (sulfide) groups is 1. The molecule has 4 rings (SSSR count). The second kappa shape index (κ2) is 12.9. The van der Waals surface area contributed by atoms with Gasteiger partial charge < -0.3 is 15.4 Å². The zero-order valence-corrected chi connectivity index (χ0v) is 22.7. The molecular weight excluding hydrogens is 514 g/mol. The van der Waals surface area contributed by atoms with E-state index < -0.39 is 5.97 Å². The lowest BCUT2D eigenvalue weighted by Gasteiger charge is -2.12. The number of aryl methyl sites for hydroxylation is 2. The van der Waals surface area contributed by atoms with E-state index in [1.54, 1.807) is 37.3 Å². The molecule has 39 heavy (non-hydrogen) atoms. The monoisotopic (exact) mass is 543 g/mol. The van der Waals surface area contributed by atoms with Crippen LogP contribution in [-0.4, -0.2) is 44.9 Å². The van der Waals surface area contributed by atoms with Gasteiger partial charge >= 0.3 is 5.97 Å². The van der Waals surface area contributed by atoms with Gasteiger partial charge in [-0.25, -0.2) is 4.79 Å². The first kappa shape index (κ1) is 27.6. The van der Waals surface area contributed by atoms with Crippen molar-refractivity contribution in [1.82, 2.24) is 20.1 Å². The standard InChI is InChI=1S/C29H29N5O4S/c1-4-38-28(37)21-11-13-23(14-12-21)31-26(35)18-39-29-33-32-25(34(29)24-10-6-8-20(3)16-24)17-30-27(36)22-9-5-7-19(2)15-22/h5-16H,4,17-18H2,1-3H3,(H,30,36)(H,31,35). The van der Waals surface area contributed by atoms with Gasteiger partial charge in [-0.05, 0) is 74.9 Å². The lowest BCUT2D eigenvalue weighted by Crippen LogP contribution is -2.24. The van der Waals surface area contributed by atoms with Crippen LogP contribution in [0.3, 0.4) is 0 Å². The van der Waals surface area contributed by atoms with Crippen LogP contribution in [0.5, 0.6) is 0 Å². The van der Waals surface area contributed by atoms with Crippen LogP contribution in [0.1, 0.15) is 44.6 Å². The second-order valence-electron chi connectivity index (χ2n) is 8.76. The summed E-state index contributed by atoms with van der Waals surface area (Å²) in [7, 11) is 0. The number of nitrogens with one attached hydrogen (secondary N) is 2. The Bertz CT molecular complexity index is 1480. The van der Waals surface area contributed by atoms with Crippen LogP contribution in [0.25, 0.3) is 5.69 Å². The molecule has 1 heterocycles. The van der Waals surface area contributed by atoms with E-state index in [1.807, 2.05) is 60.9 Å². The molecule has 4 aromatic rings. The molecule has 0 bridgehead atoms. The third-order valence-electron chi connectivity index (χ3n) is 5.66. The summed E-state index contributed by atoms with van der Waals surface area (Å²) < 4.78 is 6.83. The SMILES string of the molecule is CCOC(=O)c1ccc(NC(=O)CSc2nnc(CNC(=O)c3cccc(C)c3)n2-c2cccc(C)c2)cc1. The van der Waals surface area contributed by atoms with Crippen molar-refractivity contribution >= 4 is 35.2 Å². The van der Waals surface area contributed by atoms with Crippen molar-refractivity contribution < 1.29 is 19.1 Å². The van der Waals surface area contributed by atoms with Gasteiger partial charge in [0.1, 0.15) is 0 Å². The molecule has 10 heteroatoms. The van der Waals surface area contributed by atoms with Gasteiger partial charge in [-0.2, -0.15) is 0 Å². The van der Waals surface area contributed by atoms with Crippen molar-refractivity contribution in [2.75, 3.05) is 17.7 Å². The molecule has 0 aliphatic rings. The first-order valence-electron chi connectivity index (χ1n) is 12.4. The fourth-order valence-electron chi connectivity index (χ4n) is 3.81. The molecule has 3 aromatic carbocycles. The van der Waals surface area contributed by atoms with Crippen LogP contribution in [-0.2, 0) is 16.1 Å². The molecule has 0 aliphatic heterocycles. The Balaban J connectivity index is 1.45. The van der Waals surface area contributed by atoms with Crippen molar-refractivity contribution in [1.29, 1.82) is 0 Å². The van der Waals surface area contributed by atoms with E-state index in [0.29, 0.717) is 34.4 Å². The minimum absolute atomic E-state index is 0.0826. The molecule has 0 unspecified atom stereocenters. The average molecular weight is 544 g/mol. The van der Waals surface area contributed by atoms with Crippen molar-refractivity contribution in [3.8, 4) is 5.69 Å². The Hall–Kier alpha value is -4.44. The number of carbonyl (C=O) groups is 3. The molecule has 0 aliphatic carbocycles. The summed E-state index contributed by atoms with van der Waals surface area (Å²) in [6.45, 7) is 6.12. The molecule has 0 atom stereocenters. The van der Waals surface area contributed by atoms with Crippen molar-refractivity contribution in [2.45, 2.75) is 32.5 Å². The Morgan fingerprint density at radius 3 is 2.31 bits per heavy atom. The summed E-state index contributed by atoms with van der Waals surface area (Å²) in [5, 5.41) is 14.9. The molecule has 9 nitrogen and oxygen atoms in total. The smallest absolute Gasteiger partial charge is 0.338 e. The molecular formula is C29H29N5O4S. The summed E-state index contributed by atoms with van der Waals surface area (Å²) in [5.74, 6) is -0.234. The average Bonchev–Trinajstić information content (AvgIpc) is 3.34. The molecule has 1 aromatic heterocycles. The van der Waals surface area contributed by atoms with Crippen LogP contribution < -0.4 is 10.6 Å². The normalized spacial score (nSPS) is 10.6. The van der Waals surface area contributed by atoms with Crippen LogP contribution in [0.2, 0.25) is 0 Å². The fourth-order valence-corrected chi connectivity index (χ4v) is 4.58. The molecule has 0 saturated heterocycles. The number of aromatic nitrogens is 3. The number of carbonyl (C=O) groups excluding carboxylic acids is 3. The molecule has 0 spiro atoms. The third-order valence-corrected chi connectivity index (χ3v) is 6.59. The van der Waals surface area contributed by atoms with Crippen LogP contribution in [0.4, 0.5) is 5.69 Å². The fraction of sp³-hybridized carbons (Fsp3) is 0.207. The summed E-state index contributed by atoms with van der Waals surface area (Å²) in [5.41, 5.74) is 4.43. The predicted octanol–water partition coefficient (Wildman–Crippen LogP) is 4.72. The maximum absolute atomic E-state index is 12.7. The number of amides is 2. The van der Waals surface area contributed by atoms with Crippen LogP contribution >= 0.6 is 11.8 Å². The summed E-state index contributed by atoms with van der Waals surface area (Å²) in [4.78, 5) is 37.2. The molecule has 0 saturated carbocycles. The maximum atomic E-state index is 12.7. The maximum Gasteiger partial charge on any atom is 0.338 e. The lowest BCUT2D eigenvalue weighted by atomic mass is 10.1. The molecule has 2 amide bonds. The second-order valence-corrected chi connectivity index (χ2v) is 9.70. The summed E-state index contributed by atoms with van der Waals surface area (Å²) in [6, 6.07) is 21.7. The number of nitrogens with zero attached hydrogens (tertiary/aromatic N) is 3. The highest BCUT2D eigenvalue weighted by Gasteiger charge is 2.17. The van der Waals surface area contributed by atoms with E-state index >= 15 is 0 Å². The van der Waals surface area contributed by atoms with Gasteiger partial charge in [0.15, 0.2) is 11.0 Å². The molecule has 0 fully saturated rings. The highest BCUT2D eigenvalue weighted by Crippen LogP contribution is 2.23. The van der Waals surface area contributed by atoms with Gasteiger partial charge in [0, 0.05) is 16.9 Å². The minimum Gasteiger partial charge on any atom is -0.462 e. The number of ether oxygens (including phenoxy) is 1. The highest BCUT2D eigenvalue weighted by atomic mass is 32.2. The third kappa shape index (κ3) is 7.32. The van der Waals surface area contributed by atoms with Crippen molar-refractivity contribution in [2.24, 2.45) is 0 Å². The number of rotatable bonds is 10. The van der Waals surface area contributed by atoms with Crippen molar-refractivity contribution in [3.63, 3.8) is 0 Å². The first-order valence-corrected chi connectivity index (χ1v) is 13.4. The van der Waals surface area contributed by atoms with Gasteiger partial charge in [-0.3, -0.25) is 14.2 Å². The number of benzene rings is 3. The van der Waals surface area contributed by atoms with E-state index in [1.165, 1.54) is 11.8 Å². The van der Waals surface area contributed by atoms with Gasteiger partial charge in [-0.15, -0.1) is 10.2 Å². The molecule has 200 valence electrons. The lowest BCUT2D eigenvalue weighted by molar-refractivity contribution is -0.113. The Labute approximate surface area is 231 Å². The quantitative estimate of drug-likeness (QED) is 0.220. The van der Waals surface area contributed by atoms with Gasteiger partial charge in [0.05, 0.1) is 24.5 Å². The minimum atomic E-state index is -0.410. The van der Waals surface area contributed by atoms with Gasteiger partial charge in [-0.1, -0.05) is 41.6 Å². The van der Waals surface area contributed by atoms with Crippen LogP contribution in [0, 0.1) is 13.8 Å². The Kier molecular flexibility index (Phi) is 9.11. The zero-order valence-electron chi connectivity index (χ0n) is 21.9. The topological polar surface area (TPSA) is 115 Å². The Morgan fingerprint density at radius 2 is 1.62 bits per heavy atom. The number of hydrogen-bond acceptors (Lipinski definition) is 7. The summed E-state index contributed by atoms with van der Waals surface area (Å²) >= 11 is 1.23. The molecule has 2 N–H and O–H groups in total.